The first-order valence-electron chi connectivity index (χ1n) is 12.0. The number of ketones is 1. The number of carbonyl (C=O) groups excluding carboxylic acids is 1. The number of H-pyrrole nitrogens is 1. The van der Waals surface area contributed by atoms with Gasteiger partial charge in [0.15, 0.2) is 10.7 Å². The molecule has 0 saturated carbocycles. The number of benzene rings is 1. The molecule has 3 nitrogen and oxygen atoms in total. The minimum atomic E-state index is -0.734. The van der Waals surface area contributed by atoms with E-state index in [0.29, 0.717) is 0 Å². The van der Waals surface area contributed by atoms with Crippen molar-refractivity contribution in [3.05, 3.63) is 83.3 Å². The molecule has 4 atom stereocenters. The molecule has 0 bridgehead atoms. The van der Waals surface area contributed by atoms with Gasteiger partial charge in [-0.25, -0.2) is 0 Å². The molecule has 34 heavy (non-hydrogen) atoms. The highest BCUT2D eigenvalue weighted by Gasteiger charge is 2.75. The maximum absolute atomic E-state index is 13.8. The van der Waals surface area contributed by atoms with Crippen molar-refractivity contribution >= 4 is 39.0 Å². The van der Waals surface area contributed by atoms with Gasteiger partial charge < -0.3 is 9.88 Å². The summed E-state index contributed by atoms with van der Waals surface area (Å²) in [5, 5.41) is 0.239. The fourth-order valence-corrected chi connectivity index (χ4v) is 10.9. The van der Waals surface area contributed by atoms with E-state index in [0.717, 1.165) is 23.4 Å². The third-order valence-electron chi connectivity index (χ3n) is 8.67. The molecule has 3 heterocycles. The lowest BCUT2D eigenvalue weighted by molar-refractivity contribution is -0.125. The molecular formula is C29H34N2OS2. The van der Waals surface area contributed by atoms with Crippen LogP contribution in [0.2, 0.25) is 0 Å². The Labute approximate surface area is 211 Å². The number of hydrogen-bond donors (Lipinski definition) is 1. The first-order chi connectivity index (χ1) is 16.0. The van der Waals surface area contributed by atoms with Gasteiger partial charge in [-0.2, -0.15) is 0 Å². The van der Waals surface area contributed by atoms with Crippen LogP contribution >= 0.6 is 21.6 Å². The first kappa shape index (κ1) is 23.6. The van der Waals surface area contributed by atoms with Crippen LogP contribution in [0.3, 0.4) is 0 Å². The van der Waals surface area contributed by atoms with Crippen LogP contribution in [0.4, 0.5) is 0 Å². The van der Waals surface area contributed by atoms with E-state index >= 15 is 0 Å². The number of aromatic nitrogens is 1. The van der Waals surface area contributed by atoms with Crippen LogP contribution in [0.1, 0.15) is 69.0 Å². The molecule has 1 aromatic heterocycles. The Morgan fingerprint density at radius 1 is 1.18 bits per heavy atom. The molecule has 0 radical (unpaired) electrons. The molecule has 2 saturated heterocycles. The highest BCUT2D eigenvalue weighted by molar-refractivity contribution is 8.77. The van der Waals surface area contributed by atoms with E-state index < -0.39 is 15.7 Å². The Morgan fingerprint density at radius 3 is 2.56 bits per heavy atom. The van der Waals surface area contributed by atoms with Gasteiger partial charge in [0.1, 0.15) is 0 Å². The molecular weight excluding hydrogens is 456 g/mol. The molecule has 5 rings (SSSR count). The average molecular weight is 491 g/mol. The van der Waals surface area contributed by atoms with Gasteiger partial charge in [-0.3, -0.25) is 4.79 Å². The van der Waals surface area contributed by atoms with E-state index in [1.807, 2.05) is 0 Å². The Bertz CT molecular complexity index is 1250. The van der Waals surface area contributed by atoms with Gasteiger partial charge in [0.2, 0.25) is 0 Å². The smallest absolute Gasteiger partial charge is 0.167 e. The molecule has 3 aliphatic rings. The maximum Gasteiger partial charge on any atom is 0.167 e. The molecule has 178 valence electrons. The monoisotopic (exact) mass is 490 g/mol. The van der Waals surface area contributed by atoms with Crippen LogP contribution in [0, 0.1) is 12.3 Å². The van der Waals surface area contributed by atoms with E-state index in [-0.39, 0.29) is 17.1 Å². The first-order valence-corrected chi connectivity index (χ1v) is 14.2. The normalized spacial score (nSPS) is 32.0. The van der Waals surface area contributed by atoms with Crippen molar-refractivity contribution in [1.29, 1.82) is 0 Å². The summed E-state index contributed by atoms with van der Waals surface area (Å²) in [5.41, 5.74) is 7.31. The average Bonchev–Trinajstić information content (AvgIpc) is 3.28. The Morgan fingerprint density at radius 2 is 1.88 bits per heavy atom. The molecule has 1 aliphatic carbocycles. The van der Waals surface area contributed by atoms with Crippen LogP contribution in [0.25, 0.3) is 11.6 Å². The number of nitrogens with one attached hydrogen (secondary N) is 1. The zero-order valence-corrected chi connectivity index (χ0v) is 22.6. The highest BCUT2D eigenvalue weighted by atomic mass is 33.1. The quantitative estimate of drug-likeness (QED) is 0.456. The van der Waals surface area contributed by atoms with Gasteiger partial charge >= 0.3 is 0 Å². The number of carbonyl (C=O) groups is 1. The van der Waals surface area contributed by atoms with Gasteiger partial charge in [-0.05, 0) is 56.4 Å². The molecule has 0 amide bonds. The number of nitrogens with zero attached hydrogens (tertiary/aromatic N) is 1. The van der Waals surface area contributed by atoms with E-state index in [4.69, 9.17) is 0 Å². The molecule has 5 heteroatoms. The highest BCUT2D eigenvalue weighted by Crippen LogP contribution is 2.72. The summed E-state index contributed by atoms with van der Waals surface area (Å²) in [4.78, 5) is 19.0. The Balaban J connectivity index is 1.94. The summed E-state index contributed by atoms with van der Waals surface area (Å²) >= 11 is 0. The van der Waals surface area contributed by atoms with Gasteiger partial charge in [0.05, 0.1) is 10.7 Å². The lowest BCUT2D eigenvalue weighted by atomic mass is 9.54. The summed E-state index contributed by atoms with van der Waals surface area (Å²) < 4.78 is 0. The largest absolute Gasteiger partial charge is 0.361 e. The van der Waals surface area contributed by atoms with Crippen molar-refractivity contribution < 1.29 is 4.79 Å². The summed E-state index contributed by atoms with van der Waals surface area (Å²) in [6.45, 7) is 21.9. The lowest BCUT2D eigenvalue weighted by Gasteiger charge is -2.52. The van der Waals surface area contributed by atoms with Gasteiger partial charge in [0, 0.05) is 34.6 Å². The van der Waals surface area contributed by atoms with Crippen LogP contribution in [-0.2, 0) is 10.2 Å². The molecule has 2 fully saturated rings. The number of aryl methyl sites for hydroxylation is 1. The number of fused-ring (bicyclic) bond motifs is 2. The second-order valence-corrected chi connectivity index (χ2v) is 13.2. The van der Waals surface area contributed by atoms with Crippen LogP contribution in [-0.4, -0.2) is 31.8 Å². The fraction of sp³-hybridized carbons (Fsp3) is 0.414. The summed E-state index contributed by atoms with van der Waals surface area (Å²) in [7, 11) is 3.52. The number of rotatable bonds is 3. The van der Waals surface area contributed by atoms with Gasteiger partial charge in [-0.1, -0.05) is 85.0 Å². The van der Waals surface area contributed by atoms with Gasteiger partial charge in [-0.15, -0.1) is 0 Å². The van der Waals surface area contributed by atoms with Crippen molar-refractivity contribution in [3.8, 4) is 0 Å². The number of allylic oxidation sites excluding steroid dienone is 2. The predicted octanol–water partition coefficient (Wildman–Crippen LogP) is 7.35. The van der Waals surface area contributed by atoms with Crippen LogP contribution < -0.4 is 0 Å². The molecule has 0 spiro atoms. The van der Waals surface area contributed by atoms with Crippen LogP contribution in [0.5, 0.6) is 0 Å². The van der Waals surface area contributed by atoms with E-state index in [2.05, 4.69) is 100 Å². The Hall–Kier alpha value is -2.11. The third-order valence-corrected chi connectivity index (χ3v) is 12.4. The summed E-state index contributed by atoms with van der Waals surface area (Å²) in [6, 6.07) is 8.72. The third kappa shape index (κ3) is 2.60. The van der Waals surface area contributed by atoms with E-state index in [1.54, 1.807) is 28.5 Å². The van der Waals surface area contributed by atoms with Crippen molar-refractivity contribution in [2.75, 3.05) is 0 Å². The molecule has 4 unspecified atom stereocenters. The van der Waals surface area contributed by atoms with Crippen molar-refractivity contribution in [2.45, 2.75) is 69.5 Å². The lowest BCUT2D eigenvalue weighted by Crippen LogP contribution is -2.58. The molecule has 2 aromatic rings. The van der Waals surface area contributed by atoms with Crippen molar-refractivity contribution in [3.63, 3.8) is 0 Å². The standard InChI is InChI=1S/C29H34N2OS2/c1-17-12-9-10-15-24(17)28(25-16-30-26-18(2)13-11-14-23(25)26)21(5)31-19(3)20(4)33-34-29(31,22(6)32)27(28,7)8/h9-12,14-16,20-21,30H,2-3,13H2,1,4-8H3. The number of Topliss-reactive ketones (excluding diaryl/α,β-unsaturated/α-hetero) is 1. The maximum atomic E-state index is 13.8. The molecule has 2 aliphatic heterocycles. The number of hydrogen-bond acceptors (Lipinski definition) is 4. The summed E-state index contributed by atoms with van der Waals surface area (Å²) in [5.74, 6) is 0.190. The van der Waals surface area contributed by atoms with Crippen LogP contribution in [0.15, 0.2) is 55.4 Å². The second kappa shape index (κ2) is 7.69. The number of aromatic amines is 1. The predicted molar refractivity (Wildman–Crippen MR) is 148 cm³/mol. The summed E-state index contributed by atoms with van der Waals surface area (Å²) in [6.07, 6.45) is 7.50. The molecule has 1 N–H and O–H groups in total. The SMILES string of the molecule is C=C1CC=Cc2c(C3(c4ccccc4C)C(C)N4C(=C)C(C)SSC4(C(C)=O)C3(C)C)c[nH]c21. The Kier molecular flexibility index (Phi) is 5.35. The fourth-order valence-electron chi connectivity index (χ4n) is 7.15. The minimum Gasteiger partial charge on any atom is -0.361 e. The van der Waals surface area contributed by atoms with E-state index in [1.165, 1.54) is 22.3 Å². The minimum absolute atomic E-state index is 0.0133. The second-order valence-electron chi connectivity index (χ2n) is 10.5. The van der Waals surface area contributed by atoms with Gasteiger partial charge in [0.25, 0.3) is 0 Å². The van der Waals surface area contributed by atoms with E-state index in [9.17, 15) is 4.79 Å². The van der Waals surface area contributed by atoms with Crippen molar-refractivity contribution in [2.24, 2.45) is 5.41 Å². The molecule has 1 aromatic carbocycles. The zero-order chi connectivity index (χ0) is 24.6. The topological polar surface area (TPSA) is 36.1 Å². The zero-order valence-electron chi connectivity index (χ0n) is 21.0. The van der Waals surface area contributed by atoms with Crippen molar-refractivity contribution in [1.82, 2.24) is 9.88 Å².